The molecule has 2 rings (SSSR count). The number of nitrogens with zero attached hydrogens (tertiary/aromatic N) is 2. The van der Waals surface area contributed by atoms with E-state index in [2.05, 4.69) is 12.6 Å². The highest BCUT2D eigenvalue weighted by Gasteiger charge is 2.45. The number of hydrogen-bond donors (Lipinski definition) is 0. The standard InChI is InChI=1S/C19H25ClN2O2SSi/c1-6-19(3)13-22(12-17(19)18(11-21)26(4,5)14-20)25(23,24)16-9-7-15(2)8-10-16/h6-10H,1,12-14H2,2-5H3/b18-17+. The molecule has 0 aliphatic carbocycles. The van der Waals surface area contributed by atoms with Crippen LogP contribution in [-0.4, -0.2) is 39.4 Å². The number of sulfonamides is 1. The summed E-state index contributed by atoms with van der Waals surface area (Å²) >= 11 is 6.14. The molecular formula is C19H25ClN2O2SSi. The molecule has 0 bridgehead atoms. The van der Waals surface area contributed by atoms with Gasteiger partial charge in [0.05, 0.1) is 11.0 Å². The lowest BCUT2D eigenvalue weighted by Crippen LogP contribution is -2.34. The highest BCUT2D eigenvalue weighted by Crippen LogP contribution is 2.42. The Morgan fingerprint density at radius 1 is 1.42 bits per heavy atom. The van der Waals surface area contributed by atoms with Gasteiger partial charge < -0.3 is 0 Å². The van der Waals surface area contributed by atoms with Gasteiger partial charge in [-0.2, -0.15) is 9.57 Å². The van der Waals surface area contributed by atoms with Crippen LogP contribution in [0.2, 0.25) is 13.1 Å². The van der Waals surface area contributed by atoms with Gasteiger partial charge >= 0.3 is 0 Å². The van der Waals surface area contributed by atoms with Crippen molar-refractivity contribution in [3.8, 4) is 6.07 Å². The fraction of sp³-hybridized carbons (Fsp3) is 0.421. The van der Waals surface area contributed by atoms with Crippen LogP contribution in [0.25, 0.3) is 0 Å². The number of rotatable bonds is 5. The predicted molar refractivity (Wildman–Crippen MR) is 109 cm³/mol. The molecule has 140 valence electrons. The fourth-order valence-electron chi connectivity index (χ4n) is 3.15. The minimum atomic E-state index is -3.64. The third-order valence-electron chi connectivity index (χ3n) is 5.06. The van der Waals surface area contributed by atoms with E-state index < -0.39 is 23.5 Å². The summed E-state index contributed by atoms with van der Waals surface area (Å²) in [5.74, 6) is 0. The van der Waals surface area contributed by atoms with E-state index in [1.165, 1.54) is 4.31 Å². The summed E-state index contributed by atoms with van der Waals surface area (Å²) in [6.45, 7) is 12.3. The van der Waals surface area contributed by atoms with Gasteiger partial charge in [0.25, 0.3) is 0 Å². The zero-order valence-corrected chi connectivity index (χ0v) is 18.3. The first-order chi connectivity index (χ1) is 12.0. The van der Waals surface area contributed by atoms with Gasteiger partial charge in [-0.25, -0.2) is 8.42 Å². The van der Waals surface area contributed by atoms with Gasteiger partial charge in [0, 0.05) is 29.2 Å². The van der Waals surface area contributed by atoms with Gasteiger partial charge in [-0.3, -0.25) is 0 Å². The second-order valence-electron chi connectivity index (χ2n) is 7.69. The van der Waals surface area contributed by atoms with E-state index in [0.29, 0.717) is 10.7 Å². The second-order valence-corrected chi connectivity index (χ2v) is 15.0. The van der Waals surface area contributed by atoms with Crippen molar-refractivity contribution in [2.75, 3.05) is 18.6 Å². The number of aryl methyl sites for hydroxylation is 1. The van der Waals surface area contributed by atoms with Gasteiger partial charge in [0.15, 0.2) is 0 Å². The van der Waals surface area contributed by atoms with Crippen molar-refractivity contribution >= 4 is 29.7 Å². The maximum Gasteiger partial charge on any atom is 0.243 e. The Balaban J connectivity index is 2.56. The largest absolute Gasteiger partial charge is 0.243 e. The molecule has 26 heavy (non-hydrogen) atoms. The molecule has 0 saturated carbocycles. The molecule has 1 heterocycles. The molecule has 1 unspecified atom stereocenters. The van der Waals surface area contributed by atoms with Crippen molar-refractivity contribution in [1.82, 2.24) is 4.31 Å². The lowest BCUT2D eigenvalue weighted by molar-refractivity contribution is 0.429. The maximum atomic E-state index is 13.1. The molecule has 1 aliphatic rings. The number of allylic oxidation sites excluding steroid dienone is 1. The minimum absolute atomic E-state index is 0.203. The van der Waals surface area contributed by atoms with Crippen molar-refractivity contribution in [1.29, 1.82) is 5.26 Å². The quantitative estimate of drug-likeness (QED) is 0.319. The number of nitriles is 1. The fourth-order valence-corrected chi connectivity index (χ4v) is 6.68. The first-order valence-corrected chi connectivity index (χ1v) is 13.6. The Morgan fingerprint density at radius 2 is 2.00 bits per heavy atom. The van der Waals surface area contributed by atoms with Crippen LogP contribution in [0, 0.1) is 23.7 Å². The molecule has 7 heteroatoms. The molecule has 0 amide bonds. The highest BCUT2D eigenvalue weighted by atomic mass is 35.5. The molecule has 0 radical (unpaired) electrons. The highest BCUT2D eigenvalue weighted by molar-refractivity contribution is 7.89. The Bertz CT molecular complexity index is 885. The minimum Gasteiger partial charge on any atom is -0.207 e. The normalized spacial score (nSPS) is 23.5. The monoisotopic (exact) mass is 408 g/mol. The molecule has 1 fully saturated rings. The Morgan fingerprint density at radius 3 is 2.46 bits per heavy atom. The lowest BCUT2D eigenvalue weighted by atomic mass is 9.85. The molecule has 1 aliphatic heterocycles. The van der Waals surface area contributed by atoms with Crippen LogP contribution in [0.3, 0.4) is 0 Å². The van der Waals surface area contributed by atoms with Crippen molar-refractivity contribution in [2.45, 2.75) is 31.8 Å². The second kappa shape index (κ2) is 7.32. The summed E-state index contributed by atoms with van der Waals surface area (Å²) in [4.78, 5) is 0.267. The van der Waals surface area contributed by atoms with Crippen LogP contribution in [0.15, 0.2) is 52.6 Å². The number of benzene rings is 1. The van der Waals surface area contributed by atoms with Crippen LogP contribution in [0.1, 0.15) is 12.5 Å². The Hall–Kier alpha value is -1.39. The molecule has 1 aromatic rings. The first-order valence-electron chi connectivity index (χ1n) is 8.42. The third kappa shape index (κ3) is 3.67. The average molecular weight is 409 g/mol. The van der Waals surface area contributed by atoms with Crippen molar-refractivity contribution in [3.05, 3.63) is 53.3 Å². The Labute approximate surface area is 162 Å². The lowest BCUT2D eigenvalue weighted by Gasteiger charge is -2.27. The van der Waals surface area contributed by atoms with E-state index in [1.807, 2.05) is 26.9 Å². The smallest absolute Gasteiger partial charge is 0.207 e. The molecular weight excluding hydrogens is 384 g/mol. The topological polar surface area (TPSA) is 61.2 Å². The molecule has 1 saturated heterocycles. The number of alkyl halides is 1. The van der Waals surface area contributed by atoms with E-state index in [-0.39, 0.29) is 18.0 Å². The average Bonchev–Trinajstić information content (AvgIpc) is 2.95. The molecule has 1 atom stereocenters. The molecule has 0 N–H and O–H groups in total. The van der Waals surface area contributed by atoms with Crippen molar-refractivity contribution in [3.63, 3.8) is 0 Å². The van der Waals surface area contributed by atoms with Gasteiger partial charge in [-0.1, -0.05) is 43.8 Å². The summed E-state index contributed by atoms with van der Waals surface area (Å²) < 4.78 is 27.6. The summed E-state index contributed by atoms with van der Waals surface area (Å²) in [5, 5.41) is 10.5. The summed E-state index contributed by atoms with van der Waals surface area (Å²) in [6, 6.07) is 9.16. The molecule has 0 spiro atoms. The summed E-state index contributed by atoms with van der Waals surface area (Å²) in [6.07, 6.45) is 1.75. The maximum absolute atomic E-state index is 13.1. The van der Waals surface area contributed by atoms with Gasteiger partial charge in [-0.05, 0) is 24.6 Å². The van der Waals surface area contributed by atoms with E-state index >= 15 is 0 Å². The van der Waals surface area contributed by atoms with E-state index in [1.54, 1.807) is 30.3 Å². The van der Waals surface area contributed by atoms with Gasteiger partial charge in [0.1, 0.15) is 8.07 Å². The predicted octanol–water partition coefficient (Wildman–Crippen LogP) is 4.04. The van der Waals surface area contributed by atoms with Crippen molar-refractivity contribution in [2.24, 2.45) is 5.41 Å². The molecule has 4 nitrogen and oxygen atoms in total. The zero-order valence-electron chi connectivity index (χ0n) is 15.7. The zero-order chi connectivity index (χ0) is 19.8. The Kier molecular flexibility index (Phi) is 5.89. The van der Waals surface area contributed by atoms with Crippen LogP contribution in [0.5, 0.6) is 0 Å². The summed E-state index contributed by atoms with van der Waals surface area (Å²) in [7, 11) is -5.78. The number of halogens is 1. The molecule has 1 aromatic carbocycles. The van der Waals surface area contributed by atoms with Crippen LogP contribution in [0.4, 0.5) is 0 Å². The van der Waals surface area contributed by atoms with E-state index in [0.717, 1.165) is 11.1 Å². The summed E-state index contributed by atoms with van der Waals surface area (Å²) in [5.41, 5.74) is 1.68. The van der Waals surface area contributed by atoms with Crippen LogP contribution < -0.4 is 0 Å². The first kappa shape index (κ1) is 20.9. The van der Waals surface area contributed by atoms with E-state index in [9.17, 15) is 13.7 Å². The van der Waals surface area contributed by atoms with Crippen LogP contribution in [-0.2, 0) is 10.0 Å². The third-order valence-corrected chi connectivity index (χ3v) is 11.3. The van der Waals surface area contributed by atoms with Crippen LogP contribution >= 0.6 is 11.6 Å². The molecule has 0 aromatic heterocycles. The van der Waals surface area contributed by atoms with Gasteiger partial charge in [-0.15, -0.1) is 18.2 Å². The SMILES string of the molecule is C=CC1(C)CN(S(=O)(=O)c2ccc(C)cc2)C/C1=C(/C#N)[Si](C)(C)CCl. The van der Waals surface area contributed by atoms with Crippen molar-refractivity contribution < 1.29 is 8.42 Å². The van der Waals surface area contributed by atoms with E-state index in [4.69, 9.17) is 11.6 Å². The number of hydrogen-bond acceptors (Lipinski definition) is 3. The van der Waals surface area contributed by atoms with Gasteiger partial charge in [0.2, 0.25) is 10.0 Å².